The van der Waals surface area contributed by atoms with E-state index in [9.17, 15) is 4.39 Å². The molecule has 1 aromatic heterocycles. The summed E-state index contributed by atoms with van der Waals surface area (Å²) in [4.78, 5) is 4.57. The van der Waals surface area contributed by atoms with Crippen molar-refractivity contribution in [3.05, 3.63) is 72.2 Å². The number of anilines is 1. The molecule has 2 nitrogen and oxygen atoms in total. The van der Waals surface area contributed by atoms with Crippen LogP contribution in [0.2, 0.25) is 0 Å². The smallest absolute Gasteiger partial charge is 0.123 e. The van der Waals surface area contributed by atoms with Crippen molar-refractivity contribution in [3.8, 4) is 0 Å². The van der Waals surface area contributed by atoms with Crippen LogP contribution < -0.4 is 5.32 Å². The van der Waals surface area contributed by atoms with E-state index >= 15 is 0 Å². The number of hydrogen-bond donors (Lipinski definition) is 1. The van der Waals surface area contributed by atoms with Crippen LogP contribution in [-0.2, 0) is 6.54 Å². The maximum absolute atomic E-state index is 12.8. The summed E-state index contributed by atoms with van der Waals surface area (Å²) in [7, 11) is 0. The lowest BCUT2D eigenvalue weighted by Gasteiger charge is -2.06. The number of rotatable bonds is 3. The molecule has 94 valence electrons. The first-order valence-electron chi connectivity index (χ1n) is 6.15. The number of para-hydroxylation sites is 1. The maximum atomic E-state index is 12.8. The molecule has 2 aromatic carbocycles. The highest BCUT2D eigenvalue weighted by molar-refractivity contribution is 5.78. The van der Waals surface area contributed by atoms with Gasteiger partial charge in [0.2, 0.25) is 0 Å². The third-order valence-corrected chi connectivity index (χ3v) is 2.97. The lowest BCUT2D eigenvalue weighted by Crippen LogP contribution is -2.01. The first-order valence-corrected chi connectivity index (χ1v) is 6.15. The zero-order chi connectivity index (χ0) is 13.1. The molecule has 0 saturated heterocycles. The molecule has 0 aliphatic heterocycles. The number of aromatic nitrogens is 1. The summed E-state index contributed by atoms with van der Waals surface area (Å²) < 4.78 is 12.8. The molecule has 1 heterocycles. The van der Waals surface area contributed by atoms with Gasteiger partial charge in [-0.05, 0) is 36.4 Å². The Morgan fingerprint density at radius 3 is 2.53 bits per heavy atom. The van der Waals surface area contributed by atoms with Crippen molar-refractivity contribution in [1.29, 1.82) is 0 Å². The zero-order valence-electron chi connectivity index (χ0n) is 10.3. The van der Waals surface area contributed by atoms with Gasteiger partial charge in [-0.25, -0.2) is 4.39 Å². The highest BCUT2D eigenvalue weighted by atomic mass is 19.1. The second kappa shape index (κ2) is 5.06. The molecule has 19 heavy (non-hydrogen) atoms. The van der Waals surface area contributed by atoms with E-state index in [1.54, 1.807) is 12.1 Å². The Morgan fingerprint density at radius 1 is 0.895 bits per heavy atom. The van der Waals surface area contributed by atoms with Gasteiger partial charge in [-0.2, -0.15) is 0 Å². The molecule has 0 spiro atoms. The Morgan fingerprint density at radius 2 is 1.68 bits per heavy atom. The summed E-state index contributed by atoms with van der Waals surface area (Å²) in [5.41, 5.74) is 2.83. The van der Waals surface area contributed by atoms with Crippen molar-refractivity contribution in [2.24, 2.45) is 0 Å². The van der Waals surface area contributed by atoms with Gasteiger partial charge in [-0.3, -0.25) is 4.98 Å². The van der Waals surface area contributed by atoms with Gasteiger partial charge < -0.3 is 5.32 Å². The molecule has 3 rings (SSSR count). The lowest BCUT2D eigenvalue weighted by atomic mass is 10.2. The van der Waals surface area contributed by atoms with E-state index in [-0.39, 0.29) is 5.82 Å². The van der Waals surface area contributed by atoms with Gasteiger partial charge in [0.25, 0.3) is 0 Å². The molecule has 1 N–H and O–H groups in total. The molecule has 0 bridgehead atoms. The van der Waals surface area contributed by atoms with E-state index in [4.69, 9.17) is 0 Å². The lowest BCUT2D eigenvalue weighted by molar-refractivity contribution is 0.628. The van der Waals surface area contributed by atoms with E-state index in [1.165, 1.54) is 12.1 Å². The summed E-state index contributed by atoms with van der Waals surface area (Å²) in [6.45, 7) is 0.621. The maximum Gasteiger partial charge on any atom is 0.123 e. The molecule has 0 unspecified atom stereocenters. The van der Waals surface area contributed by atoms with Crippen molar-refractivity contribution in [1.82, 2.24) is 4.98 Å². The summed E-state index contributed by atoms with van der Waals surface area (Å²) in [5.74, 6) is -0.227. The topological polar surface area (TPSA) is 24.9 Å². The van der Waals surface area contributed by atoms with Gasteiger partial charge in [0.1, 0.15) is 5.82 Å². The van der Waals surface area contributed by atoms with Crippen LogP contribution in [0.15, 0.2) is 60.7 Å². The number of benzene rings is 2. The number of nitrogens with zero attached hydrogens (tertiary/aromatic N) is 1. The Hall–Kier alpha value is -2.42. The largest absolute Gasteiger partial charge is 0.379 e. The summed E-state index contributed by atoms with van der Waals surface area (Å²) in [6.07, 6.45) is 0. The van der Waals surface area contributed by atoms with Crippen LogP contribution in [0, 0.1) is 5.82 Å². The molecule has 0 aliphatic carbocycles. The Labute approximate surface area is 110 Å². The van der Waals surface area contributed by atoms with Gasteiger partial charge in [-0.15, -0.1) is 0 Å². The molecule has 0 radical (unpaired) electrons. The van der Waals surface area contributed by atoms with Crippen LogP contribution in [0.25, 0.3) is 10.9 Å². The minimum absolute atomic E-state index is 0.227. The monoisotopic (exact) mass is 252 g/mol. The molecule has 0 saturated carbocycles. The Kier molecular flexibility index (Phi) is 3.11. The zero-order valence-corrected chi connectivity index (χ0v) is 10.3. The fourth-order valence-electron chi connectivity index (χ4n) is 1.97. The van der Waals surface area contributed by atoms with Crippen molar-refractivity contribution in [2.45, 2.75) is 6.54 Å². The van der Waals surface area contributed by atoms with Crippen LogP contribution in [-0.4, -0.2) is 4.98 Å². The number of halogens is 1. The van der Waals surface area contributed by atoms with Crippen molar-refractivity contribution in [3.63, 3.8) is 0 Å². The highest BCUT2D eigenvalue weighted by Crippen LogP contribution is 2.13. The minimum Gasteiger partial charge on any atom is -0.379 e. The molecule has 0 aliphatic rings. The van der Waals surface area contributed by atoms with Gasteiger partial charge >= 0.3 is 0 Å². The quantitative estimate of drug-likeness (QED) is 0.762. The van der Waals surface area contributed by atoms with Crippen LogP contribution in [0.5, 0.6) is 0 Å². The average Bonchev–Trinajstić information content (AvgIpc) is 2.46. The molecule has 3 aromatic rings. The number of fused-ring (bicyclic) bond motifs is 1. The van der Waals surface area contributed by atoms with Gasteiger partial charge in [0.15, 0.2) is 0 Å². The Bertz CT molecular complexity index is 692. The fourth-order valence-corrected chi connectivity index (χ4v) is 1.97. The molecule has 3 heteroatoms. The SMILES string of the molecule is Fc1ccc(NCc2ccc3ccccc3n2)cc1. The van der Waals surface area contributed by atoms with E-state index in [0.29, 0.717) is 6.54 Å². The van der Waals surface area contributed by atoms with Gasteiger partial charge in [0, 0.05) is 11.1 Å². The third-order valence-electron chi connectivity index (χ3n) is 2.97. The van der Waals surface area contributed by atoms with E-state index in [1.807, 2.05) is 30.3 Å². The predicted octanol–water partition coefficient (Wildman–Crippen LogP) is 3.99. The van der Waals surface area contributed by atoms with Crippen LogP contribution in [0.1, 0.15) is 5.69 Å². The molecule has 0 fully saturated rings. The molecule has 0 atom stereocenters. The van der Waals surface area contributed by atoms with Crippen molar-refractivity contribution >= 4 is 16.6 Å². The summed E-state index contributed by atoms with van der Waals surface area (Å²) in [6, 6.07) is 18.4. The second-order valence-corrected chi connectivity index (χ2v) is 4.36. The van der Waals surface area contributed by atoms with E-state index in [2.05, 4.69) is 16.4 Å². The number of hydrogen-bond acceptors (Lipinski definition) is 2. The molecular weight excluding hydrogens is 239 g/mol. The highest BCUT2D eigenvalue weighted by Gasteiger charge is 1.98. The van der Waals surface area contributed by atoms with E-state index < -0.39 is 0 Å². The average molecular weight is 252 g/mol. The predicted molar refractivity (Wildman–Crippen MR) is 75.5 cm³/mol. The summed E-state index contributed by atoms with van der Waals surface area (Å²) >= 11 is 0. The third kappa shape index (κ3) is 2.71. The van der Waals surface area contributed by atoms with Crippen LogP contribution in [0.4, 0.5) is 10.1 Å². The van der Waals surface area contributed by atoms with Crippen LogP contribution >= 0.6 is 0 Å². The number of nitrogens with one attached hydrogen (secondary N) is 1. The first kappa shape index (κ1) is 11.7. The van der Waals surface area contributed by atoms with E-state index in [0.717, 1.165) is 22.3 Å². The Balaban J connectivity index is 1.76. The first-order chi connectivity index (χ1) is 9.31. The van der Waals surface area contributed by atoms with Gasteiger partial charge in [-0.1, -0.05) is 24.3 Å². The normalized spacial score (nSPS) is 10.6. The van der Waals surface area contributed by atoms with Gasteiger partial charge in [0.05, 0.1) is 17.8 Å². The van der Waals surface area contributed by atoms with Crippen molar-refractivity contribution in [2.75, 3.05) is 5.32 Å². The van der Waals surface area contributed by atoms with Crippen LogP contribution in [0.3, 0.4) is 0 Å². The van der Waals surface area contributed by atoms with Crippen molar-refractivity contribution < 1.29 is 4.39 Å². The second-order valence-electron chi connectivity index (χ2n) is 4.36. The fraction of sp³-hybridized carbons (Fsp3) is 0.0625. The number of pyridine rings is 1. The molecular formula is C16H13FN2. The minimum atomic E-state index is -0.227. The summed E-state index contributed by atoms with van der Waals surface area (Å²) in [5, 5.41) is 4.36. The molecule has 0 amide bonds. The standard InChI is InChI=1S/C16H13FN2/c17-13-6-9-14(10-7-13)18-11-15-8-5-12-3-1-2-4-16(12)19-15/h1-10,18H,11H2.